The molecule has 0 bridgehead atoms. The van der Waals surface area contributed by atoms with Gasteiger partial charge in [0.15, 0.2) is 0 Å². The number of sulfonamides is 1. The van der Waals surface area contributed by atoms with Gasteiger partial charge >= 0.3 is 0 Å². The van der Waals surface area contributed by atoms with E-state index in [4.69, 9.17) is 0 Å². The van der Waals surface area contributed by atoms with Crippen LogP contribution in [-0.2, 0) is 16.6 Å². The number of rotatable bonds is 6. The molecule has 21 heavy (non-hydrogen) atoms. The molecule has 2 rings (SSSR count). The van der Waals surface area contributed by atoms with Crippen molar-refractivity contribution in [1.29, 1.82) is 0 Å². The number of benzene rings is 1. The van der Waals surface area contributed by atoms with Crippen LogP contribution < -0.4 is 10.0 Å². The number of nitrogens with one attached hydrogen (secondary N) is 2. The molecule has 0 aliphatic carbocycles. The van der Waals surface area contributed by atoms with E-state index in [2.05, 4.69) is 14.9 Å². The average Bonchev–Trinajstić information content (AvgIpc) is 2.46. The van der Waals surface area contributed by atoms with Gasteiger partial charge < -0.3 is 10.2 Å². The quantitative estimate of drug-likeness (QED) is 0.824. The van der Waals surface area contributed by atoms with Gasteiger partial charge in [0.05, 0.1) is 4.90 Å². The molecule has 1 aliphatic rings. The molecule has 2 N–H and O–H groups in total. The first-order valence-electron chi connectivity index (χ1n) is 7.41. The summed E-state index contributed by atoms with van der Waals surface area (Å²) in [5.74, 6) is 0.390. The highest BCUT2D eigenvalue weighted by Gasteiger charge is 2.18. The van der Waals surface area contributed by atoms with Gasteiger partial charge in [0, 0.05) is 13.1 Å². The Bertz CT molecular complexity index is 535. The van der Waals surface area contributed by atoms with E-state index < -0.39 is 10.0 Å². The summed E-state index contributed by atoms with van der Waals surface area (Å²) in [6.07, 6.45) is 2.20. The molecule has 6 heteroatoms. The Morgan fingerprint density at radius 3 is 2.57 bits per heavy atom. The largest absolute Gasteiger partial charge is 0.316 e. The highest BCUT2D eigenvalue weighted by Crippen LogP contribution is 2.13. The molecule has 1 atom stereocenters. The Balaban J connectivity index is 1.95. The topological polar surface area (TPSA) is 61.4 Å². The predicted molar refractivity (Wildman–Crippen MR) is 84.6 cm³/mol. The van der Waals surface area contributed by atoms with Crippen LogP contribution in [-0.4, -0.2) is 47.0 Å². The Morgan fingerprint density at radius 1 is 1.29 bits per heavy atom. The van der Waals surface area contributed by atoms with Gasteiger partial charge in [0.1, 0.15) is 0 Å². The van der Waals surface area contributed by atoms with Crippen LogP contribution in [0.25, 0.3) is 0 Å². The third-order valence-electron chi connectivity index (χ3n) is 3.69. The van der Waals surface area contributed by atoms with Crippen molar-refractivity contribution in [3.63, 3.8) is 0 Å². The Labute approximate surface area is 127 Å². The first-order chi connectivity index (χ1) is 9.97. The summed E-state index contributed by atoms with van der Waals surface area (Å²) in [4.78, 5) is 2.39. The highest BCUT2D eigenvalue weighted by atomic mass is 32.2. The van der Waals surface area contributed by atoms with Crippen molar-refractivity contribution in [2.75, 3.05) is 33.7 Å². The smallest absolute Gasteiger partial charge is 0.240 e. The van der Waals surface area contributed by atoms with Crippen molar-refractivity contribution in [2.24, 2.45) is 5.92 Å². The summed E-state index contributed by atoms with van der Waals surface area (Å²) in [7, 11) is 0.585. The second-order valence-corrected chi connectivity index (χ2v) is 7.71. The van der Waals surface area contributed by atoms with Crippen LogP contribution in [0.15, 0.2) is 29.2 Å². The maximum absolute atomic E-state index is 12.3. The minimum atomic E-state index is -3.40. The number of hydrogen-bond acceptors (Lipinski definition) is 4. The predicted octanol–water partition coefficient (Wildman–Crippen LogP) is 1.03. The fourth-order valence-electron chi connectivity index (χ4n) is 2.55. The van der Waals surface area contributed by atoms with Gasteiger partial charge in [-0.2, -0.15) is 0 Å². The van der Waals surface area contributed by atoms with Gasteiger partial charge in [-0.3, -0.25) is 0 Å². The van der Waals surface area contributed by atoms with E-state index in [0.29, 0.717) is 17.4 Å². The normalized spacial score (nSPS) is 19.9. The molecular formula is C15H25N3O2S. The van der Waals surface area contributed by atoms with Crippen LogP contribution >= 0.6 is 0 Å². The summed E-state index contributed by atoms with van der Waals surface area (Å²) >= 11 is 0. The van der Waals surface area contributed by atoms with E-state index in [-0.39, 0.29) is 0 Å². The van der Waals surface area contributed by atoms with E-state index >= 15 is 0 Å². The van der Waals surface area contributed by atoms with E-state index in [1.165, 1.54) is 0 Å². The molecule has 0 spiro atoms. The van der Waals surface area contributed by atoms with Gasteiger partial charge in [-0.15, -0.1) is 0 Å². The third kappa shape index (κ3) is 5.07. The van der Waals surface area contributed by atoms with Crippen LogP contribution in [0, 0.1) is 5.92 Å². The molecular weight excluding hydrogens is 286 g/mol. The Kier molecular flexibility index (Phi) is 5.75. The summed E-state index contributed by atoms with van der Waals surface area (Å²) in [6, 6.07) is 7.11. The second kappa shape index (κ2) is 7.35. The molecule has 0 saturated carbocycles. The molecule has 1 fully saturated rings. The fourth-order valence-corrected chi connectivity index (χ4v) is 3.66. The van der Waals surface area contributed by atoms with E-state index in [0.717, 1.165) is 38.0 Å². The first kappa shape index (κ1) is 16.4. The monoisotopic (exact) mass is 311 g/mol. The Morgan fingerprint density at radius 2 is 2.00 bits per heavy atom. The minimum Gasteiger partial charge on any atom is -0.316 e. The van der Waals surface area contributed by atoms with Gasteiger partial charge in [-0.25, -0.2) is 13.1 Å². The lowest BCUT2D eigenvalue weighted by molar-refractivity contribution is 0.376. The van der Waals surface area contributed by atoms with Gasteiger partial charge in [-0.1, -0.05) is 12.1 Å². The lowest BCUT2D eigenvalue weighted by Crippen LogP contribution is -2.38. The molecule has 0 amide bonds. The minimum absolute atomic E-state index is 0.341. The fraction of sp³-hybridized carbons (Fsp3) is 0.600. The standard InChI is InChI=1S/C15H25N3O2S/c1-18(2)12-13-5-7-15(8-6-13)21(19,20)17-11-14-4-3-9-16-10-14/h5-8,14,16-17H,3-4,9-12H2,1-2H3. The van der Waals surface area contributed by atoms with Crippen molar-refractivity contribution in [1.82, 2.24) is 14.9 Å². The van der Waals surface area contributed by atoms with Gasteiger partial charge in [-0.05, 0) is 63.6 Å². The van der Waals surface area contributed by atoms with Crippen LogP contribution in [0.3, 0.4) is 0 Å². The molecule has 0 aromatic heterocycles. The molecule has 0 radical (unpaired) electrons. The SMILES string of the molecule is CN(C)Cc1ccc(S(=O)(=O)NCC2CCCNC2)cc1. The maximum Gasteiger partial charge on any atom is 0.240 e. The second-order valence-electron chi connectivity index (χ2n) is 5.95. The zero-order valence-electron chi connectivity index (χ0n) is 12.8. The third-order valence-corrected chi connectivity index (χ3v) is 5.13. The summed E-state index contributed by atoms with van der Waals surface area (Å²) in [5.41, 5.74) is 1.11. The van der Waals surface area contributed by atoms with E-state index in [1.54, 1.807) is 12.1 Å². The van der Waals surface area contributed by atoms with Crippen LogP contribution in [0.4, 0.5) is 0 Å². The maximum atomic E-state index is 12.3. The first-order valence-corrected chi connectivity index (χ1v) is 8.90. The van der Waals surface area contributed by atoms with Crippen molar-refractivity contribution >= 4 is 10.0 Å². The van der Waals surface area contributed by atoms with E-state index in [9.17, 15) is 8.42 Å². The lowest BCUT2D eigenvalue weighted by atomic mass is 10.0. The van der Waals surface area contributed by atoms with Crippen molar-refractivity contribution in [3.8, 4) is 0 Å². The molecule has 5 nitrogen and oxygen atoms in total. The molecule has 118 valence electrons. The van der Waals surface area contributed by atoms with E-state index in [1.807, 2.05) is 26.2 Å². The van der Waals surface area contributed by atoms with Crippen LogP contribution in [0.2, 0.25) is 0 Å². The average molecular weight is 311 g/mol. The zero-order valence-corrected chi connectivity index (χ0v) is 13.6. The van der Waals surface area contributed by atoms with Crippen molar-refractivity contribution < 1.29 is 8.42 Å². The number of hydrogen-bond donors (Lipinski definition) is 2. The van der Waals surface area contributed by atoms with Crippen molar-refractivity contribution in [3.05, 3.63) is 29.8 Å². The summed E-state index contributed by atoms with van der Waals surface area (Å²) in [6.45, 7) is 3.25. The lowest BCUT2D eigenvalue weighted by Gasteiger charge is -2.22. The van der Waals surface area contributed by atoms with Crippen LogP contribution in [0.1, 0.15) is 18.4 Å². The van der Waals surface area contributed by atoms with Gasteiger partial charge in [0.2, 0.25) is 10.0 Å². The molecule has 1 heterocycles. The number of nitrogens with zero attached hydrogens (tertiary/aromatic N) is 1. The molecule has 1 saturated heterocycles. The summed E-state index contributed by atoms with van der Waals surface area (Å²) < 4.78 is 27.3. The zero-order chi connectivity index (χ0) is 15.3. The Hall–Kier alpha value is -0.950. The van der Waals surface area contributed by atoms with Crippen molar-refractivity contribution in [2.45, 2.75) is 24.3 Å². The summed E-state index contributed by atoms with van der Waals surface area (Å²) in [5, 5.41) is 3.30. The highest BCUT2D eigenvalue weighted by molar-refractivity contribution is 7.89. The van der Waals surface area contributed by atoms with Crippen LogP contribution in [0.5, 0.6) is 0 Å². The molecule has 1 aromatic carbocycles. The molecule has 1 aliphatic heterocycles. The van der Waals surface area contributed by atoms with Gasteiger partial charge in [0.25, 0.3) is 0 Å². The number of piperidine rings is 1. The molecule has 1 aromatic rings. The molecule has 1 unspecified atom stereocenters.